The van der Waals surface area contributed by atoms with Gasteiger partial charge in [-0.2, -0.15) is 0 Å². The molecule has 1 aliphatic rings. The minimum Gasteiger partial charge on any atom is -0.392 e. The summed E-state index contributed by atoms with van der Waals surface area (Å²) < 4.78 is 0. The van der Waals surface area contributed by atoms with Crippen LogP contribution in [0, 0.1) is 11.8 Å². The van der Waals surface area contributed by atoms with E-state index >= 15 is 0 Å². The zero-order valence-corrected chi connectivity index (χ0v) is 13.2. The first-order valence-electron chi connectivity index (χ1n) is 7.98. The molecule has 0 aromatic heterocycles. The Morgan fingerprint density at radius 1 is 1.09 bits per heavy atom. The lowest BCUT2D eigenvalue weighted by Gasteiger charge is -2.15. The third-order valence-electron chi connectivity index (χ3n) is 3.81. The smallest absolute Gasteiger partial charge is 0.142 e. The predicted molar refractivity (Wildman–Crippen MR) is 89.4 cm³/mol. The van der Waals surface area contributed by atoms with E-state index in [0.717, 1.165) is 19.3 Å². The fourth-order valence-corrected chi connectivity index (χ4v) is 2.65. The summed E-state index contributed by atoms with van der Waals surface area (Å²) in [6.45, 7) is 2.11. The Kier molecular flexibility index (Phi) is 9.08. The Morgan fingerprint density at radius 3 is 2.36 bits per heavy atom. The molecule has 0 radical (unpaired) electrons. The van der Waals surface area contributed by atoms with Gasteiger partial charge < -0.3 is 5.11 Å². The standard InChI is InChI=1S/C19H26O3/c1-2-3-4-5-6-7-8-9-10-12-16-17(13-11-14-20)19(22)15-18(16)21/h3-4,6-7,9-11,13-14,16-17,19,22H,2,5,8,12,15H2,1H3/b4-3+,7-6+,10-9+,13-11+. The maximum Gasteiger partial charge on any atom is 0.142 e. The van der Waals surface area contributed by atoms with Gasteiger partial charge in [-0.05, 0) is 31.8 Å². The largest absolute Gasteiger partial charge is 0.392 e. The molecule has 1 aliphatic carbocycles. The molecule has 0 aromatic carbocycles. The Hall–Kier alpha value is -1.74. The van der Waals surface area contributed by atoms with E-state index in [1.807, 2.05) is 12.2 Å². The van der Waals surface area contributed by atoms with Gasteiger partial charge >= 0.3 is 0 Å². The first kappa shape index (κ1) is 18.3. The van der Waals surface area contributed by atoms with Crippen LogP contribution in [0.2, 0.25) is 0 Å². The SMILES string of the molecule is CC/C=C/C/C=C/C/C=C/CC1C(=O)CC(O)C1/C=C/C=O. The van der Waals surface area contributed by atoms with Crippen molar-refractivity contribution < 1.29 is 14.7 Å². The van der Waals surface area contributed by atoms with E-state index in [0.29, 0.717) is 12.7 Å². The van der Waals surface area contributed by atoms with Crippen LogP contribution in [0.15, 0.2) is 48.6 Å². The molecule has 0 aliphatic heterocycles. The number of carbonyl (C=O) groups is 2. The minimum absolute atomic E-state index is 0.0814. The summed E-state index contributed by atoms with van der Waals surface area (Å²) in [6, 6.07) is 0. The Bertz CT molecular complexity index is 457. The van der Waals surface area contributed by atoms with Crippen LogP contribution >= 0.6 is 0 Å². The van der Waals surface area contributed by atoms with Gasteiger partial charge in [-0.1, -0.05) is 49.5 Å². The monoisotopic (exact) mass is 302 g/mol. The fourth-order valence-electron chi connectivity index (χ4n) is 2.65. The molecule has 0 bridgehead atoms. The number of hydrogen-bond acceptors (Lipinski definition) is 3. The van der Waals surface area contributed by atoms with E-state index in [4.69, 9.17) is 0 Å². The van der Waals surface area contributed by atoms with E-state index in [1.54, 1.807) is 6.08 Å². The van der Waals surface area contributed by atoms with Crippen molar-refractivity contribution in [3.63, 3.8) is 0 Å². The van der Waals surface area contributed by atoms with Crippen LogP contribution in [-0.4, -0.2) is 23.3 Å². The molecule has 3 atom stereocenters. The molecule has 1 rings (SSSR count). The van der Waals surface area contributed by atoms with Gasteiger partial charge in [0, 0.05) is 18.3 Å². The van der Waals surface area contributed by atoms with Gasteiger partial charge in [0.15, 0.2) is 0 Å². The highest BCUT2D eigenvalue weighted by atomic mass is 16.3. The third-order valence-corrected chi connectivity index (χ3v) is 3.81. The van der Waals surface area contributed by atoms with E-state index < -0.39 is 6.10 Å². The second-order valence-electron chi connectivity index (χ2n) is 5.47. The molecule has 3 nitrogen and oxygen atoms in total. The number of aliphatic hydroxyl groups excluding tert-OH is 1. The summed E-state index contributed by atoms with van der Waals surface area (Å²) in [5.74, 6) is -0.367. The summed E-state index contributed by atoms with van der Waals surface area (Å²) in [4.78, 5) is 22.3. The fraction of sp³-hybridized carbons (Fsp3) is 0.474. The molecule has 3 heteroatoms. The van der Waals surface area contributed by atoms with E-state index in [2.05, 4.69) is 31.2 Å². The van der Waals surface area contributed by atoms with Crippen LogP contribution < -0.4 is 0 Å². The van der Waals surface area contributed by atoms with Crippen LogP contribution in [0.25, 0.3) is 0 Å². The second-order valence-corrected chi connectivity index (χ2v) is 5.47. The molecule has 0 saturated heterocycles. The predicted octanol–water partition coefficient (Wildman–Crippen LogP) is 3.56. The van der Waals surface area contributed by atoms with Crippen LogP contribution in [0.5, 0.6) is 0 Å². The molecule has 22 heavy (non-hydrogen) atoms. The van der Waals surface area contributed by atoms with Gasteiger partial charge in [-0.25, -0.2) is 0 Å². The number of ketones is 1. The molecular formula is C19H26O3. The summed E-state index contributed by atoms with van der Waals surface area (Å²) in [6.07, 6.45) is 19.3. The summed E-state index contributed by atoms with van der Waals surface area (Å²) in [7, 11) is 0. The molecule has 120 valence electrons. The zero-order chi connectivity index (χ0) is 16.2. The number of Topliss-reactive ketones (excluding diaryl/α,β-unsaturated/α-hetero) is 1. The summed E-state index contributed by atoms with van der Waals surface area (Å²) in [5, 5.41) is 9.87. The van der Waals surface area contributed by atoms with Crippen LogP contribution in [0.4, 0.5) is 0 Å². The third kappa shape index (κ3) is 6.35. The van der Waals surface area contributed by atoms with E-state index in [-0.39, 0.29) is 24.0 Å². The topological polar surface area (TPSA) is 54.4 Å². The average molecular weight is 302 g/mol. The lowest BCUT2D eigenvalue weighted by molar-refractivity contribution is -0.121. The lowest BCUT2D eigenvalue weighted by Crippen LogP contribution is -2.17. The van der Waals surface area contributed by atoms with Gasteiger partial charge in [0.2, 0.25) is 0 Å². The molecule has 1 saturated carbocycles. The summed E-state index contributed by atoms with van der Waals surface area (Å²) >= 11 is 0. The van der Waals surface area contributed by atoms with Crippen molar-refractivity contribution in [2.24, 2.45) is 11.8 Å². The van der Waals surface area contributed by atoms with Gasteiger partial charge in [0.25, 0.3) is 0 Å². The van der Waals surface area contributed by atoms with Crippen molar-refractivity contribution in [2.75, 3.05) is 0 Å². The van der Waals surface area contributed by atoms with E-state index in [9.17, 15) is 14.7 Å². The van der Waals surface area contributed by atoms with Gasteiger partial charge in [0.05, 0.1) is 6.10 Å². The van der Waals surface area contributed by atoms with Crippen LogP contribution in [-0.2, 0) is 9.59 Å². The van der Waals surface area contributed by atoms with Crippen LogP contribution in [0.3, 0.4) is 0 Å². The Labute approximate surface area is 133 Å². The normalized spacial score (nSPS) is 26.3. The molecule has 0 spiro atoms. The number of carbonyl (C=O) groups excluding carboxylic acids is 2. The van der Waals surface area contributed by atoms with Crippen molar-refractivity contribution in [1.82, 2.24) is 0 Å². The summed E-state index contributed by atoms with van der Waals surface area (Å²) in [5.41, 5.74) is 0. The molecule has 0 aromatic rings. The van der Waals surface area contributed by atoms with E-state index in [1.165, 1.54) is 6.08 Å². The minimum atomic E-state index is -0.660. The Morgan fingerprint density at radius 2 is 1.73 bits per heavy atom. The van der Waals surface area contributed by atoms with Crippen LogP contribution in [0.1, 0.15) is 39.0 Å². The number of hydrogen-bond donors (Lipinski definition) is 1. The van der Waals surface area contributed by atoms with Crippen molar-refractivity contribution in [3.8, 4) is 0 Å². The molecule has 1 N–H and O–H groups in total. The number of aldehydes is 1. The highest BCUT2D eigenvalue weighted by molar-refractivity contribution is 5.85. The second kappa shape index (κ2) is 10.9. The first-order valence-corrected chi connectivity index (χ1v) is 7.98. The zero-order valence-electron chi connectivity index (χ0n) is 13.2. The van der Waals surface area contributed by atoms with Crippen molar-refractivity contribution in [2.45, 2.75) is 45.1 Å². The lowest BCUT2D eigenvalue weighted by atomic mass is 9.90. The first-order chi connectivity index (χ1) is 10.7. The van der Waals surface area contributed by atoms with Crippen molar-refractivity contribution >= 4 is 12.1 Å². The highest BCUT2D eigenvalue weighted by Gasteiger charge is 2.38. The van der Waals surface area contributed by atoms with Gasteiger partial charge in [-0.3, -0.25) is 9.59 Å². The quantitative estimate of drug-likeness (QED) is 0.402. The molecule has 0 amide bonds. The molecule has 1 fully saturated rings. The number of rotatable bonds is 9. The van der Waals surface area contributed by atoms with Gasteiger partial charge in [0.1, 0.15) is 12.1 Å². The molecule has 3 unspecified atom stereocenters. The average Bonchev–Trinajstić information content (AvgIpc) is 2.77. The molecule has 0 heterocycles. The van der Waals surface area contributed by atoms with Crippen molar-refractivity contribution in [1.29, 1.82) is 0 Å². The highest BCUT2D eigenvalue weighted by Crippen LogP contribution is 2.33. The van der Waals surface area contributed by atoms with Gasteiger partial charge in [-0.15, -0.1) is 0 Å². The molecular weight excluding hydrogens is 276 g/mol. The maximum absolute atomic E-state index is 11.9. The number of aliphatic hydroxyl groups is 1. The Balaban J connectivity index is 2.39. The van der Waals surface area contributed by atoms with Crippen molar-refractivity contribution in [3.05, 3.63) is 48.6 Å². The maximum atomic E-state index is 11.9. The number of allylic oxidation sites excluding steroid dienone is 7.